The van der Waals surface area contributed by atoms with Crippen LogP contribution in [0.3, 0.4) is 0 Å². The Kier molecular flexibility index (Phi) is 7.76. The molecule has 1 atom stereocenters. The molecular weight excluding hydrogens is 474 g/mol. The van der Waals surface area contributed by atoms with Crippen molar-refractivity contribution in [2.24, 2.45) is 0 Å². The van der Waals surface area contributed by atoms with Crippen LogP contribution in [0.4, 0.5) is 10.8 Å². The molecule has 1 aliphatic rings. The highest BCUT2D eigenvalue weighted by atomic mass is 32.2. The van der Waals surface area contributed by atoms with Gasteiger partial charge in [-0.05, 0) is 31.0 Å². The van der Waals surface area contributed by atoms with Crippen molar-refractivity contribution in [2.75, 3.05) is 43.2 Å². The zero-order valence-electron chi connectivity index (χ0n) is 19.0. The van der Waals surface area contributed by atoms with Gasteiger partial charge in [0.05, 0.1) is 23.9 Å². The van der Waals surface area contributed by atoms with Gasteiger partial charge >= 0.3 is 0 Å². The van der Waals surface area contributed by atoms with Crippen LogP contribution in [-0.2, 0) is 20.5 Å². The first-order valence-electron chi connectivity index (χ1n) is 10.9. The first-order chi connectivity index (χ1) is 16.4. The summed E-state index contributed by atoms with van der Waals surface area (Å²) >= 11 is 1.33. The Balaban J connectivity index is 1.32. The van der Waals surface area contributed by atoms with Crippen LogP contribution >= 0.6 is 11.3 Å². The van der Waals surface area contributed by atoms with Crippen molar-refractivity contribution in [3.8, 4) is 11.3 Å². The molecule has 0 radical (unpaired) electrons. The molecule has 2 aromatic heterocycles. The number of aromatic nitrogens is 2. The number of ether oxygens (including phenoxy) is 1. The minimum atomic E-state index is -1.24. The first kappa shape index (κ1) is 24.1. The summed E-state index contributed by atoms with van der Waals surface area (Å²) in [6.45, 7) is 1.71. The van der Waals surface area contributed by atoms with E-state index in [0.717, 1.165) is 42.9 Å². The van der Waals surface area contributed by atoms with Crippen LogP contribution in [-0.4, -0.2) is 64.1 Å². The summed E-state index contributed by atoms with van der Waals surface area (Å²) in [5.41, 5.74) is 3.25. The molecule has 3 heterocycles. The molecule has 2 amide bonds. The van der Waals surface area contributed by atoms with Gasteiger partial charge < -0.3 is 20.3 Å². The molecule has 1 aliphatic heterocycles. The molecular formula is C23H27N5O4S2. The fourth-order valence-electron chi connectivity index (χ4n) is 3.77. The summed E-state index contributed by atoms with van der Waals surface area (Å²) in [6.07, 6.45) is 6.89. The highest BCUT2D eigenvalue weighted by Crippen LogP contribution is 2.29. The number of hydrogen-bond donors (Lipinski definition) is 2. The van der Waals surface area contributed by atoms with Crippen LogP contribution in [0.15, 0.2) is 48.1 Å². The Hall–Kier alpha value is -3.02. The average Bonchev–Trinajstić information content (AvgIpc) is 3.53. The summed E-state index contributed by atoms with van der Waals surface area (Å²) in [5.74, 6) is -0.784. The van der Waals surface area contributed by atoms with Crippen molar-refractivity contribution in [3.05, 3.63) is 53.7 Å². The second kappa shape index (κ2) is 10.9. The number of nitrogens with zero attached hydrogens (tertiary/aromatic N) is 3. The molecule has 1 unspecified atom stereocenters. The van der Waals surface area contributed by atoms with Gasteiger partial charge in [0, 0.05) is 55.5 Å². The van der Waals surface area contributed by atoms with Crippen molar-refractivity contribution >= 4 is 45.0 Å². The molecule has 0 saturated carbocycles. The Morgan fingerprint density at radius 2 is 2.06 bits per heavy atom. The molecule has 34 heavy (non-hydrogen) atoms. The van der Waals surface area contributed by atoms with E-state index >= 15 is 0 Å². The number of piperidine rings is 1. The SMILES string of the molecule is COC1CCN(c2cccc(-c3csc(NC(=O)CNC(=O)c4ccn(S(C)=O)c4)n3)c2)CC1. The molecule has 1 saturated heterocycles. The van der Waals surface area contributed by atoms with Crippen molar-refractivity contribution in [1.29, 1.82) is 0 Å². The second-order valence-corrected chi connectivity index (χ2v) is 10.1. The van der Waals surface area contributed by atoms with Gasteiger partial charge in [-0.2, -0.15) is 0 Å². The van der Waals surface area contributed by atoms with E-state index < -0.39 is 16.9 Å². The zero-order valence-corrected chi connectivity index (χ0v) is 20.7. The molecule has 1 fully saturated rings. The fraction of sp³-hybridized carbons (Fsp3) is 0.348. The molecule has 3 aromatic rings. The number of nitrogens with one attached hydrogen (secondary N) is 2. The third-order valence-electron chi connectivity index (χ3n) is 5.67. The molecule has 0 bridgehead atoms. The summed E-state index contributed by atoms with van der Waals surface area (Å²) < 4.78 is 18.3. The van der Waals surface area contributed by atoms with E-state index in [1.54, 1.807) is 19.4 Å². The molecule has 0 aliphatic carbocycles. The van der Waals surface area contributed by atoms with Crippen LogP contribution in [0.25, 0.3) is 11.3 Å². The Labute approximate surface area is 204 Å². The Morgan fingerprint density at radius 1 is 1.26 bits per heavy atom. The molecule has 11 heteroatoms. The van der Waals surface area contributed by atoms with E-state index in [1.807, 2.05) is 17.5 Å². The van der Waals surface area contributed by atoms with Crippen LogP contribution in [0.1, 0.15) is 23.2 Å². The highest BCUT2D eigenvalue weighted by Gasteiger charge is 2.19. The van der Waals surface area contributed by atoms with Gasteiger partial charge in [0.25, 0.3) is 5.91 Å². The van der Waals surface area contributed by atoms with Gasteiger partial charge in [0.15, 0.2) is 5.13 Å². The van der Waals surface area contributed by atoms with E-state index in [4.69, 9.17) is 4.74 Å². The number of amides is 2. The van der Waals surface area contributed by atoms with Gasteiger partial charge in [0.1, 0.15) is 11.0 Å². The molecule has 2 N–H and O–H groups in total. The van der Waals surface area contributed by atoms with Crippen molar-refractivity contribution in [1.82, 2.24) is 14.3 Å². The molecule has 0 spiro atoms. The van der Waals surface area contributed by atoms with E-state index in [2.05, 4.69) is 32.7 Å². The number of hydrogen-bond acceptors (Lipinski definition) is 7. The van der Waals surface area contributed by atoms with Crippen molar-refractivity contribution < 1.29 is 18.5 Å². The van der Waals surface area contributed by atoms with Crippen LogP contribution < -0.4 is 15.5 Å². The summed E-state index contributed by atoms with van der Waals surface area (Å²) in [6, 6.07) is 9.78. The number of carbonyl (C=O) groups is 2. The average molecular weight is 502 g/mol. The standard InChI is InChI=1S/C23H27N5O4S2/c1-32-19-7-9-27(10-8-19)18-5-3-4-16(12-18)20-15-33-23(25-20)26-21(29)13-24-22(30)17-6-11-28(14-17)34(2)31/h3-6,11-12,14-15,19H,7-10,13H2,1-2H3,(H,24,30)(H,25,26,29). The van der Waals surface area contributed by atoms with Crippen LogP contribution in [0.5, 0.6) is 0 Å². The quantitative estimate of drug-likeness (QED) is 0.492. The summed E-state index contributed by atoms with van der Waals surface area (Å²) in [4.78, 5) is 31.4. The highest BCUT2D eigenvalue weighted by molar-refractivity contribution is 7.82. The van der Waals surface area contributed by atoms with Crippen LogP contribution in [0.2, 0.25) is 0 Å². The van der Waals surface area contributed by atoms with E-state index in [1.165, 1.54) is 27.8 Å². The van der Waals surface area contributed by atoms with Gasteiger partial charge in [-0.3, -0.25) is 13.6 Å². The van der Waals surface area contributed by atoms with Crippen molar-refractivity contribution in [3.63, 3.8) is 0 Å². The number of methoxy groups -OCH3 is 1. The minimum absolute atomic E-state index is 0.193. The largest absolute Gasteiger partial charge is 0.381 e. The minimum Gasteiger partial charge on any atom is -0.381 e. The lowest BCUT2D eigenvalue weighted by Crippen LogP contribution is -2.36. The van der Waals surface area contributed by atoms with E-state index in [0.29, 0.717) is 16.8 Å². The normalized spacial score (nSPS) is 15.2. The maximum Gasteiger partial charge on any atom is 0.253 e. The number of rotatable bonds is 8. The molecule has 180 valence electrons. The first-order valence-corrected chi connectivity index (χ1v) is 13.3. The smallest absolute Gasteiger partial charge is 0.253 e. The maximum absolute atomic E-state index is 12.3. The van der Waals surface area contributed by atoms with Gasteiger partial charge in [-0.25, -0.2) is 9.19 Å². The summed E-state index contributed by atoms with van der Waals surface area (Å²) in [5, 5.41) is 7.65. The third kappa shape index (κ3) is 5.91. The summed E-state index contributed by atoms with van der Waals surface area (Å²) in [7, 11) is 0.526. The number of anilines is 2. The zero-order chi connectivity index (χ0) is 24.1. The predicted octanol–water partition coefficient (Wildman–Crippen LogP) is 2.74. The lowest BCUT2D eigenvalue weighted by atomic mass is 10.1. The van der Waals surface area contributed by atoms with Crippen molar-refractivity contribution in [2.45, 2.75) is 18.9 Å². The van der Waals surface area contributed by atoms with Crippen LogP contribution in [0, 0.1) is 0 Å². The lowest BCUT2D eigenvalue weighted by Gasteiger charge is -2.33. The Bertz CT molecular complexity index is 1180. The van der Waals surface area contributed by atoms with Gasteiger partial charge in [-0.15, -0.1) is 11.3 Å². The van der Waals surface area contributed by atoms with Gasteiger partial charge in [0.2, 0.25) is 5.91 Å². The second-order valence-electron chi connectivity index (χ2n) is 7.93. The fourth-order valence-corrected chi connectivity index (χ4v) is 5.00. The lowest BCUT2D eigenvalue weighted by molar-refractivity contribution is -0.115. The molecule has 1 aromatic carbocycles. The van der Waals surface area contributed by atoms with E-state index in [-0.39, 0.29) is 12.5 Å². The van der Waals surface area contributed by atoms with E-state index in [9.17, 15) is 13.8 Å². The monoisotopic (exact) mass is 501 g/mol. The number of benzene rings is 1. The maximum atomic E-state index is 12.3. The topological polar surface area (TPSA) is 106 Å². The number of carbonyl (C=O) groups excluding carboxylic acids is 2. The Morgan fingerprint density at radius 3 is 2.76 bits per heavy atom. The molecule has 9 nitrogen and oxygen atoms in total. The molecule has 4 rings (SSSR count). The third-order valence-corrected chi connectivity index (χ3v) is 7.25. The number of thiazole rings is 1. The predicted molar refractivity (Wildman–Crippen MR) is 135 cm³/mol. The van der Waals surface area contributed by atoms with Gasteiger partial charge in [-0.1, -0.05) is 12.1 Å².